The standard InChI is InChI=1S/C14H18N2/c1-4-12-5-7-13(8-6-12)9-16-10-14(11-16)15(2)3/h1,5-8,14H,9-11H2,2-3H3. The van der Waals surface area contributed by atoms with Crippen molar-refractivity contribution in [3.8, 4) is 12.3 Å². The summed E-state index contributed by atoms with van der Waals surface area (Å²) in [7, 11) is 4.29. The molecule has 0 N–H and O–H groups in total. The maximum absolute atomic E-state index is 5.32. The molecule has 1 heterocycles. The molecule has 0 unspecified atom stereocenters. The number of rotatable bonds is 3. The summed E-state index contributed by atoms with van der Waals surface area (Å²) in [6.45, 7) is 3.38. The molecule has 1 saturated heterocycles. The molecular weight excluding hydrogens is 196 g/mol. The maximum atomic E-state index is 5.32. The van der Waals surface area contributed by atoms with Gasteiger partial charge < -0.3 is 4.90 Å². The molecule has 1 aromatic rings. The Labute approximate surface area is 97.9 Å². The van der Waals surface area contributed by atoms with Crippen molar-refractivity contribution in [2.45, 2.75) is 12.6 Å². The third kappa shape index (κ3) is 2.44. The Morgan fingerprint density at radius 2 is 1.94 bits per heavy atom. The Hall–Kier alpha value is -1.30. The lowest BCUT2D eigenvalue weighted by molar-refractivity contribution is 0.0574. The van der Waals surface area contributed by atoms with Gasteiger partial charge in [0.25, 0.3) is 0 Å². The average Bonchev–Trinajstić information content (AvgIpc) is 2.23. The SMILES string of the molecule is C#Cc1ccc(CN2CC(N(C)C)C2)cc1. The van der Waals surface area contributed by atoms with Gasteiger partial charge in [-0.3, -0.25) is 4.90 Å². The van der Waals surface area contributed by atoms with E-state index >= 15 is 0 Å². The summed E-state index contributed by atoms with van der Waals surface area (Å²) in [5, 5.41) is 0. The summed E-state index contributed by atoms with van der Waals surface area (Å²) >= 11 is 0. The number of benzene rings is 1. The lowest BCUT2D eigenvalue weighted by Gasteiger charge is -2.42. The van der Waals surface area contributed by atoms with Gasteiger partial charge in [-0.25, -0.2) is 0 Å². The summed E-state index contributed by atoms with van der Waals surface area (Å²) in [5.74, 6) is 2.64. The summed E-state index contributed by atoms with van der Waals surface area (Å²) in [4.78, 5) is 4.74. The fourth-order valence-electron chi connectivity index (χ4n) is 1.96. The third-order valence-electron chi connectivity index (χ3n) is 3.19. The Kier molecular flexibility index (Phi) is 3.28. The van der Waals surface area contributed by atoms with Gasteiger partial charge in [0.15, 0.2) is 0 Å². The summed E-state index contributed by atoms with van der Waals surface area (Å²) < 4.78 is 0. The van der Waals surface area contributed by atoms with Crippen molar-refractivity contribution in [1.82, 2.24) is 9.80 Å². The van der Waals surface area contributed by atoms with E-state index in [0.29, 0.717) is 0 Å². The van der Waals surface area contributed by atoms with Crippen LogP contribution in [0.4, 0.5) is 0 Å². The summed E-state index contributed by atoms with van der Waals surface area (Å²) in [6, 6.07) is 9.00. The van der Waals surface area contributed by atoms with Crippen molar-refractivity contribution in [3.05, 3.63) is 35.4 Å². The van der Waals surface area contributed by atoms with Crippen LogP contribution in [0.5, 0.6) is 0 Å². The lowest BCUT2D eigenvalue weighted by Crippen LogP contribution is -2.56. The van der Waals surface area contributed by atoms with Gasteiger partial charge in [-0.1, -0.05) is 18.1 Å². The second-order valence-electron chi connectivity index (χ2n) is 4.65. The Morgan fingerprint density at radius 1 is 1.31 bits per heavy atom. The van der Waals surface area contributed by atoms with Crippen LogP contribution in [0.3, 0.4) is 0 Å². The van der Waals surface area contributed by atoms with Crippen molar-refractivity contribution in [2.75, 3.05) is 27.2 Å². The molecular formula is C14H18N2. The van der Waals surface area contributed by atoms with E-state index in [2.05, 4.69) is 41.9 Å². The smallest absolute Gasteiger partial charge is 0.0344 e. The van der Waals surface area contributed by atoms with Gasteiger partial charge in [0.05, 0.1) is 0 Å². The summed E-state index contributed by atoms with van der Waals surface area (Å²) in [6.07, 6.45) is 5.32. The third-order valence-corrected chi connectivity index (χ3v) is 3.19. The summed E-state index contributed by atoms with van der Waals surface area (Å²) in [5.41, 5.74) is 2.30. The van der Waals surface area contributed by atoms with Gasteiger partial charge in [0.1, 0.15) is 0 Å². The van der Waals surface area contributed by atoms with E-state index in [9.17, 15) is 0 Å². The first kappa shape index (κ1) is 11.2. The molecule has 84 valence electrons. The Morgan fingerprint density at radius 3 is 2.44 bits per heavy atom. The molecule has 0 amide bonds. The van der Waals surface area contributed by atoms with Crippen molar-refractivity contribution in [2.24, 2.45) is 0 Å². The van der Waals surface area contributed by atoms with Crippen molar-refractivity contribution in [1.29, 1.82) is 0 Å². The predicted molar refractivity (Wildman–Crippen MR) is 67.1 cm³/mol. The quantitative estimate of drug-likeness (QED) is 0.702. The monoisotopic (exact) mass is 214 g/mol. The molecule has 1 aromatic carbocycles. The highest BCUT2D eigenvalue weighted by molar-refractivity contribution is 5.34. The molecule has 1 aliphatic heterocycles. The van der Waals surface area contributed by atoms with E-state index in [-0.39, 0.29) is 0 Å². The molecule has 2 heteroatoms. The topological polar surface area (TPSA) is 6.48 Å². The molecule has 2 nitrogen and oxygen atoms in total. The highest BCUT2D eigenvalue weighted by Crippen LogP contribution is 2.16. The van der Waals surface area contributed by atoms with Crippen LogP contribution < -0.4 is 0 Å². The number of hydrogen-bond donors (Lipinski definition) is 0. The van der Waals surface area contributed by atoms with Crippen LogP contribution in [-0.2, 0) is 6.54 Å². The van der Waals surface area contributed by atoms with Gasteiger partial charge in [-0.05, 0) is 31.8 Å². The molecule has 0 atom stereocenters. The Bertz CT molecular complexity index is 380. The molecule has 0 spiro atoms. The minimum atomic E-state index is 0.727. The van der Waals surface area contributed by atoms with Crippen LogP contribution in [0.1, 0.15) is 11.1 Å². The van der Waals surface area contributed by atoms with Gasteiger partial charge in [-0.15, -0.1) is 6.42 Å². The van der Waals surface area contributed by atoms with Crippen LogP contribution in [0.25, 0.3) is 0 Å². The first-order valence-corrected chi connectivity index (χ1v) is 5.63. The molecule has 0 saturated carbocycles. The number of nitrogens with zero attached hydrogens (tertiary/aromatic N) is 2. The molecule has 16 heavy (non-hydrogen) atoms. The molecule has 0 aromatic heterocycles. The normalized spacial score (nSPS) is 17.1. The zero-order valence-corrected chi connectivity index (χ0v) is 9.98. The first-order valence-electron chi connectivity index (χ1n) is 5.63. The van der Waals surface area contributed by atoms with Crippen LogP contribution in [0.2, 0.25) is 0 Å². The molecule has 1 fully saturated rings. The highest BCUT2D eigenvalue weighted by Gasteiger charge is 2.27. The molecule has 0 bridgehead atoms. The van der Waals surface area contributed by atoms with Gasteiger partial charge in [-0.2, -0.15) is 0 Å². The molecule has 0 radical (unpaired) electrons. The second-order valence-corrected chi connectivity index (χ2v) is 4.65. The second kappa shape index (κ2) is 4.69. The molecule has 2 rings (SSSR count). The zero-order valence-electron chi connectivity index (χ0n) is 9.98. The predicted octanol–water partition coefficient (Wildman–Crippen LogP) is 1.41. The number of terminal acetylenes is 1. The highest BCUT2D eigenvalue weighted by atomic mass is 15.3. The van der Waals surface area contributed by atoms with Crippen LogP contribution in [0, 0.1) is 12.3 Å². The first-order chi connectivity index (χ1) is 7.69. The van der Waals surface area contributed by atoms with E-state index in [1.165, 1.54) is 18.7 Å². The maximum Gasteiger partial charge on any atom is 0.0344 e. The van der Waals surface area contributed by atoms with E-state index in [1.807, 2.05) is 12.1 Å². The average molecular weight is 214 g/mol. The van der Waals surface area contributed by atoms with E-state index in [4.69, 9.17) is 6.42 Å². The largest absolute Gasteiger partial charge is 0.304 e. The van der Waals surface area contributed by atoms with Crippen molar-refractivity contribution in [3.63, 3.8) is 0 Å². The number of hydrogen-bond acceptors (Lipinski definition) is 2. The fraction of sp³-hybridized carbons (Fsp3) is 0.429. The van der Waals surface area contributed by atoms with Gasteiger partial charge >= 0.3 is 0 Å². The van der Waals surface area contributed by atoms with Crippen LogP contribution in [0.15, 0.2) is 24.3 Å². The van der Waals surface area contributed by atoms with E-state index in [1.54, 1.807) is 0 Å². The zero-order chi connectivity index (χ0) is 11.5. The lowest BCUT2D eigenvalue weighted by atomic mass is 10.1. The van der Waals surface area contributed by atoms with Crippen molar-refractivity contribution >= 4 is 0 Å². The molecule has 0 aliphatic carbocycles. The van der Waals surface area contributed by atoms with E-state index < -0.39 is 0 Å². The Balaban J connectivity index is 1.85. The van der Waals surface area contributed by atoms with Crippen molar-refractivity contribution < 1.29 is 0 Å². The van der Waals surface area contributed by atoms with E-state index in [0.717, 1.165) is 18.2 Å². The molecule has 1 aliphatic rings. The minimum Gasteiger partial charge on any atom is -0.304 e. The number of likely N-dealkylation sites (N-methyl/N-ethyl adjacent to an activating group) is 1. The van der Waals surface area contributed by atoms with Crippen LogP contribution >= 0.6 is 0 Å². The minimum absolute atomic E-state index is 0.727. The fourth-order valence-corrected chi connectivity index (χ4v) is 1.96. The number of likely N-dealkylation sites (tertiary alicyclic amines) is 1. The van der Waals surface area contributed by atoms with Gasteiger partial charge in [0.2, 0.25) is 0 Å². The van der Waals surface area contributed by atoms with Gasteiger partial charge in [0, 0.05) is 31.2 Å². The van der Waals surface area contributed by atoms with Crippen LogP contribution in [-0.4, -0.2) is 43.0 Å².